The van der Waals surface area contributed by atoms with Crippen LogP contribution in [0.5, 0.6) is 0 Å². The quantitative estimate of drug-likeness (QED) is 0.0234. The monoisotopic (exact) mass is 841 g/mol. The van der Waals surface area contributed by atoms with Crippen LogP contribution in [-0.4, -0.2) is 130 Å². The van der Waals surface area contributed by atoms with Crippen LogP contribution in [0.1, 0.15) is 96.8 Å². The second kappa shape index (κ2) is 31.8. The number of amides is 5. The number of anilines is 2. The largest absolute Gasteiger partial charge is 0.385 e. The lowest BCUT2D eigenvalue weighted by molar-refractivity contribution is -0.166. The first-order chi connectivity index (χ1) is 27.3. The number of nitrogens with zero attached hydrogens (tertiary/aromatic N) is 3. The first-order valence-electron chi connectivity index (χ1n) is 19.5. The van der Waals surface area contributed by atoms with Gasteiger partial charge in [0.15, 0.2) is 10.2 Å². The van der Waals surface area contributed by atoms with E-state index in [1.165, 1.54) is 6.92 Å². The van der Waals surface area contributed by atoms with Gasteiger partial charge in [-0.05, 0) is 113 Å². The highest BCUT2D eigenvalue weighted by molar-refractivity contribution is 7.80. The molecule has 9 N–H and O–H groups in total. The summed E-state index contributed by atoms with van der Waals surface area (Å²) in [6.07, 6.45) is 6.30. The van der Waals surface area contributed by atoms with Crippen molar-refractivity contribution in [3.05, 3.63) is 24.3 Å². The van der Waals surface area contributed by atoms with Crippen LogP contribution in [0, 0.1) is 0 Å². The Bertz CT molecular complexity index is 1380. The van der Waals surface area contributed by atoms with Crippen LogP contribution in [0.4, 0.5) is 11.4 Å². The lowest BCUT2D eigenvalue weighted by atomic mass is 10.2. The number of methoxy groups -OCH3 is 1. The maximum Gasteiger partial charge on any atom is 0.246 e. The molecule has 0 aromatic heterocycles. The van der Waals surface area contributed by atoms with Gasteiger partial charge in [0.25, 0.3) is 0 Å². The number of benzene rings is 1. The molecule has 0 fully saturated rings. The van der Waals surface area contributed by atoms with Crippen molar-refractivity contribution < 1.29 is 44.3 Å². The van der Waals surface area contributed by atoms with Crippen molar-refractivity contribution in [3.63, 3.8) is 0 Å². The van der Waals surface area contributed by atoms with Crippen molar-refractivity contribution in [2.24, 2.45) is 0 Å². The average molecular weight is 842 g/mol. The van der Waals surface area contributed by atoms with Crippen molar-refractivity contribution in [1.29, 1.82) is 0 Å². The third-order valence-corrected chi connectivity index (χ3v) is 8.85. The number of carbonyl (C=O) groups excluding carboxylic acids is 5. The van der Waals surface area contributed by atoms with Gasteiger partial charge in [0.05, 0.1) is 0 Å². The minimum absolute atomic E-state index is 0.0538. The minimum atomic E-state index is -0.560. The van der Waals surface area contributed by atoms with Crippen LogP contribution in [0.15, 0.2) is 24.3 Å². The molecule has 1 aromatic rings. The lowest BCUT2D eigenvalue weighted by Gasteiger charge is -2.15. The summed E-state index contributed by atoms with van der Waals surface area (Å²) in [5.74, 6) is -2.13. The molecule has 0 spiro atoms. The molecular weight excluding hydrogens is 779 g/mol. The van der Waals surface area contributed by atoms with Crippen molar-refractivity contribution in [2.45, 2.75) is 96.8 Å². The highest BCUT2D eigenvalue weighted by atomic mass is 32.1. The lowest BCUT2D eigenvalue weighted by Crippen LogP contribution is -2.31. The van der Waals surface area contributed by atoms with Crippen LogP contribution < -0.4 is 31.9 Å². The summed E-state index contributed by atoms with van der Waals surface area (Å²) in [5.41, 5.74) is 1.67. The Morgan fingerprint density at radius 1 is 0.544 bits per heavy atom. The van der Waals surface area contributed by atoms with Gasteiger partial charge >= 0.3 is 0 Å². The Morgan fingerprint density at radius 2 is 0.912 bits per heavy atom. The predicted molar refractivity (Wildman–Crippen MR) is 224 cm³/mol. The van der Waals surface area contributed by atoms with Gasteiger partial charge in [-0.2, -0.15) is 0 Å². The summed E-state index contributed by atoms with van der Waals surface area (Å²) < 4.78 is 5.02. The Balaban J connectivity index is 2.04. The van der Waals surface area contributed by atoms with Crippen molar-refractivity contribution in [2.75, 3.05) is 70.2 Å². The van der Waals surface area contributed by atoms with Crippen molar-refractivity contribution in [3.8, 4) is 0 Å². The van der Waals surface area contributed by atoms with Crippen LogP contribution in [0.2, 0.25) is 0 Å². The van der Waals surface area contributed by atoms with Gasteiger partial charge in [-0.15, -0.1) is 0 Å². The molecule has 0 aliphatic heterocycles. The molecule has 0 unspecified atom stereocenters. The molecule has 0 saturated heterocycles. The number of carbonyl (C=O) groups is 5. The highest BCUT2D eigenvalue weighted by Gasteiger charge is 2.14. The summed E-state index contributed by atoms with van der Waals surface area (Å²) >= 11 is 10.7. The van der Waals surface area contributed by atoms with Gasteiger partial charge in [0.1, 0.15) is 0 Å². The minimum Gasteiger partial charge on any atom is -0.385 e. The number of hydroxylamine groups is 6. The fourth-order valence-electron chi connectivity index (χ4n) is 5.04. The third kappa shape index (κ3) is 27.1. The molecule has 57 heavy (non-hydrogen) atoms. The highest BCUT2D eigenvalue weighted by Crippen LogP contribution is 2.13. The summed E-state index contributed by atoms with van der Waals surface area (Å²) in [6, 6.07) is 7.55. The SMILES string of the molecule is COCCCNC(=S)Nc1ccc(NC(=S)NCCCCCN(O)C(=O)CCC(=O)NCCCCCN(O)C(=O)CCC(=O)NCCCCCN(O)C(C)=O)cc1. The molecule has 0 heterocycles. The zero-order valence-electron chi connectivity index (χ0n) is 33.3. The third-order valence-electron chi connectivity index (χ3n) is 8.35. The fraction of sp³-hybridized carbons (Fsp3) is 0.649. The molecule has 18 nitrogen and oxygen atoms in total. The molecule has 20 heteroatoms. The van der Waals surface area contributed by atoms with Gasteiger partial charge in [0.2, 0.25) is 29.5 Å². The number of hydrogen-bond donors (Lipinski definition) is 9. The molecule has 5 amide bonds. The summed E-state index contributed by atoms with van der Waals surface area (Å²) in [7, 11) is 1.66. The molecule has 1 aromatic carbocycles. The summed E-state index contributed by atoms with van der Waals surface area (Å²) in [6.45, 7) is 4.53. The fourth-order valence-corrected chi connectivity index (χ4v) is 5.48. The summed E-state index contributed by atoms with van der Waals surface area (Å²) in [4.78, 5) is 59.4. The van der Waals surface area contributed by atoms with E-state index < -0.39 is 17.7 Å². The topological polar surface area (TPSA) is 237 Å². The Labute approximate surface area is 346 Å². The van der Waals surface area contributed by atoms with Crippen molar-refractivity contribution in [1.82, 2.24) is 36.5 Å². The van der Waals surface area contributed by atoms with Gasteiger partial charge in [0, 0.05) is 104 Å². The zero-order chi connectivity index (χ0) is 42.3. The predicted octanol–water partition coefficient (Wildman–Crippen LogP) is 3.27. The molecule has 0 radical (unpaired) electrons. The van der Waals surface area contributed by atoms with E-state index >= 15 is 0 Å². The maximum atomic E-state index is 12.2. The van der Waals surface area contributed by atoms with Crippen LogP contribution >= 0.6 is 24.4 Å². The van der Waals surface area contributed by atoms with E-state index in [1.54, 1.807) is 7.11 Å². The number of thiocarbonyl (C=S) groups is 2. The number of unbranched alkanes of at least 4 members (excludes halogenated alkanes) is 6. The molecule has 0 bridgehead atoms. The van der Waals surface area contributed by atoms with E-state index in [4.69, 9.17) is 29.2 Å². The zero-order valence-corrected chi connectivity index (χ0v) is 34.9. The van der Waals surface area contributed by atoms with Crippen LogP contribution in [0.25, 0.3) is 0 Å². The molecule has 0 aliphatic rings. The van der Waals surface area contributed by atoms with E-state index in [2.05, 4.69) is 31.9 Å². The molecule has 0 aliphatic carbocycles. The molecule has 0 saturated carbocycles. The normalized spacial score (nSPS) is 10.5. The molecule has 1 rings (SSSR count). The number of ether oxygens (including phenoxy) is 1. The Kier molecular flexibility index (Phi) is 28.4. The second-order valence-electron chi connectivity index (χ2n) is 13.2. The van der Waals surface area contributed by atoms with E-state index in [0.717, 1.165) is 37.2 Å². The van der Waals surface area contributed by atoms with Crippen LogP contribution in [0.3, 0.4) is 0 Å². The number of hydrogen-bond acceptors (Lipinski definition) is 11. The average Bonchev–Trinajstić information content (AvgIpc) is 3.18. The molecular formula is C37H63N9O9S2. The van der Waals surface area contributed by atoms with E-state index in [-0.39, 0.29) is 57.1 Å². The van der Waals surface area contributed by atoms with Crippen LogP contribution in [-0.2, 0) is 28.7 Å². The molecule has 0 atom stereocenters. The second-order valence-corrected chi connectivity index (χ2v) is 14.1. The summed E-state index contributed by atoms with van der Waals surface area (Å²) in [5, 5.41) is 50.2. The van der Waals surface area contributed by atoms with E-state index in [0.29, 0.717) is 96.6 Å². The van der Waals surface area contributed by atoms with Gasteiger partial charge in [-0.1, -0.05) is 0 Å². The first kappa shape index (κ1) is 50.8. The molecule has 322 valence electrons. The Hall–Kier alpha value is -4.21. The number of nitrogens with one attached hydrogen (secondary N) is 6. The maximum absolute atomic E-state index is 12.2. The smallest absolute Gasteiger partial charge is 0.246 e. The van der Waals surface area contributed by atoms with Crippen molar-refractivity contribution >= 4 is 75.6 Å². The van der Waals surface area contributed by atoms with Gasteiger partial charge in [-0.25, -0.2) is 15.2 Å². The van der Waals surface area contributed by atoms with Gasteiger partial charge < -0.3 is 36.6 Å². The van der Waals surface area contributed by atoms with E-state index in [9.17, 15) is 39.6 Å². The number of rotatable bonds is 30. The Morgan fingerprint density at radius 3 is 1.30 bits per heavy atom. The van der Waals surface area contributed by atoms with Gasteiger partial charge in [-0.3, -0.25) is 39.6 Å². The first-order valence-corrected chi connectivity index (χ1v) is 20.3. The standard InChI is InChI=1S/C37H63N9O9S2/c1-29(47)44(52)25-9-3-6-21-38-32(48)17-19-34(50)45(53)26-10-4-7-22-39-33(49)18-20-35(51)46(54)27-11-5-8-23-40-36(56)42-30-13-15-31(16-14-30)43-37(57)41-24-12-28-55-2/h13-16,52-54H,3-12,17-28H2,1-2H3,(H,38,48)(H,39,49)(H2,40,42,56)(H2,41,43,57). The van der Waals surface area contributed by atoms with E-state index in [1.807, 2.05) is 24.3 Å².